The molecule has 15 heavy (non-hydrogen) atoms. The maximum atomic E-state index is 5.22. The zero-order valence-electron chi connectivity index (χ0n) is 9.25. The molecule has 1 aromatic rings. The van der Waals surface area contributed by atoms with Crippen LogP contribution in [0.1, 0.15) is 12.0 Å². The summed E-state index contributed by atoms with van der Waals surface area (Å²) in [5.74, 6) is 1.54. The molecule has 0 saturated carbocycles. The molecular formula is C13H16O2. The molecule has 0 radical (unpaired) electrons. The normalized spacial score (nSPS) is 9.20. The number of aryl methyl sites for hydroxylation is 1. The molecule has 1 aromatic carbocycles. The van der Waals surface area contributed by atoms with Crippen molar-refractivity contribution in [3.05, 3.63) is 42.1 Å². The highest BCUT2D eigenvalue weighted by Gasteiger charge is 2.03. The predicted octanol–water partition coefficient (Wildman–Crippen LogP) is 2.98. The quantitative estimate of drug-likeness (QED) is 0.686. The lowest BCUT2D eigenvalue weighted by Gasteiger charge is -2.08. The molecule has 0 bridgehead atoms. The average molecular weight is 204 g/mol. The van der Waals surface area contributed by atoms with E-state index in [0.717, 1.165) is 24.3 Å². The van der Waals surface area contributed by atoms with Crippen LogP contribution < -0.4 is 9.47 Å². The maximum absolute atomic E-state index is 5.22. The molecule has 0 spiro atoms. The maximum Gasteiger partial charge on any atom is 0.160 e. The molecule has 0 N–H and O–H groups in total. The van der Waals surface area contributed by atoms with E-state index in [-0.39, 0.29) is 0 Å². The minimum Gasteiger partial charge on any atom is -0.493 e. The molecule has 1 rings (SSSR count). The minimum atomic E-state index is 0.764. The molecule has 0 heterocycles. The van der Waals surface area contributed by atoms with Gasteiger partial charge in [0.1, 0.15) is 0 Å². The van der Waals surface area contributed by atoms with E-state index in [1.807, 2.05) is 24.3 Å². The number of ether oxygens (including phenoxy) is 2. The number of hydrogen-bond donors (Lipinski definition) is 0. The van der Waals surface area contributed by atoms with Gasteiger partial charge in [-0.3, -0.25) is 0 Å². The molecule has 0 unspecified atom stereocenters. The van der Waals surface area contributed by atoms with Crippen molar-refractivity contribution in [2.24, 2.45) is 0 Å². The van der Waals surface area contributed by atoms with Crippen molar-refractivity contribution < 1.29 is 9.47 Å². The zero-order valence-corrected chi connectivity index (χ0v) is 9.25. The Balaban J connectivity index is 2.78. The van der Waals surface area contributed by atoms with Gasteiger partial charge in [-0.2, -0.15) is 0 Å². The number of methoxy groups -OCH3 is 2. The second-order valence-electron chi connectivity index (χ2n) is 3.14. The van der Waals surface area contributed by atoms with E-state index >= 15 is 0 Å². The molecule has 80 valence electrons. The van der Waals surface area contributed by atoms with Gasteiger partial charge in [-0.25, -0.2) is 0 Å². The Morgan fingerprint density at radius 1 is 1.27 bits per heavy atom. The summed E-state index contributed by atoms with van der Waals surface area (Å²) in [6.07, 6.45) is 3.83. The first-order valence-electron chi connectivity index (χ1n) is 4.87. The van der Waals surface area contributed by atoms with Crippen LogP contribution >= 0.6 is 0 Å². The van der Waals surface area contributed by atoms with Crippen LogP contribution in [-0.2, 0) is 6.42 Å². The van der Waals surface area contributed by atoms with E-state index < -0.39 is 0 Å². The van der Waals surface area contributed by atoms with Crippen LogP contribution in [0.15, 0.2) is 36.6 Å². The topological polar surface area (TPSA) is 18.5 Å². The molecule has 0 atom stereocenters. The first-order chi connectivity index (χ1) is 7.31. The molecule has 2 heteroatoms. The Morgan fingerprint density at radius 3 is 2.60 bits per heavy atom. The molecule has 0 aliphatic heterocycles. The monoisotopic (exact) mass is 204 g/mol. The number of benzene rings is 1. The van der Waals surface area contributed by atoms with E-state index in [2.05, 4.69) is 12.3 Å². The third-order valence-corrected chi connectivity index (χ3v) is 2.17. The fourth-order valence-corrected chi connectivity index (χ4v) is 1.38. The van der Waals surface area contributed by atoms with E-state index in [1.165, 1.54) is 5.56 Å². The minimum absolute atomic E-state index is 0.764. The molecule has 0 aliphatic carbocycles. The van der Waals surface area contributed by atoms with Crippen LogP contribution in [0.2, 0.25) is 0 Å². The Kier molecular flexibility index (Phi) is 4.52. The van der Waals surface area contributed by atoms with Crippen molar-refractivity contribution in [1.29, 1.82) is 0 Å². The van der Waals surface area contributed by atoms with Crippen molar-refractivity contribution >= 4 is 0 Å². The fourth-order valence-electron chi connectivity index (χ4n) is 1.38. The second kappa shape index (κ2) is 5.94. The van der Waals surface area contributed by atoms with Gasteiger partial charge in [-0.15, -0.1) is 5.73 Å². The molecular weight excluding hydrogens is 188 g/mol. The Bertz CT molecular complexity index is 363. The Morgan fingerprint density at radius 2 is 2.00 bits per heavy atom. The SMILES string of the molecule is C=C=CCCc1ccc(OC)c(OC)c1. The van der Waals surface area contributed by atoms with Crippen molar-refractivity contribution in [2.75, 3.05) is 14.2 Å². The van der Waals surface area contributed by atoms with Crippen molar-refractivity contribution in [1.82, 2.24) is 0 Å². The van der Waals surface area contributed by atoms with Crippen LogP contribution in [0, 0.1) is 0 Å². The first kappa shape index (κ1) is 11.4. The highest BCUT2D eigenvalue weighted by Crippen LogP contribution is 2.27. The predicted molar refractivity (Wildman–Crippen MR) is 61.6 cm³/mol. The second-order valence-corrected chi connectivity index (χ2v) is 3.14. The van der Waals surface area contributed by atoms with Crippen LogP contribution in [0.3, 0.4) is 0 Å². The summed E-state index contributed by atoms with van der Waals surface area (Å²) >= 11 is 0. The molecule has 0 aliphatic rings. The van der Waals surface area contributed by atoms with Gasteiger partial charge in [0.15, 0.2) is 11.5 Å². The third kappa shape index (κ3) is 3.19. The van der Waals surface area contributed by atoms with E-state index in [4.69, 9.17) is 9.47 Å². The van der Waals surface area contributed by atoms with E-state index in [1.54, 1.807) is 14.2 Å². The van der Waals surface area contributed by atoms with Gasteiger partial charge >= 0.3 is 0 Å². The number of rotatable bonds is 5. The highest BCUT2D eigenvalue weighted by atomic mass is 16.5. The third-order valence-electron chi connectivity index (χ3n) is 2.17. The summed E-state index contributed by atoms with van der Waals surface area (Å²) in [6.45, 7) is 3.53. The summed E-state index contributed by atoms with van der Waals surface area (Å²) in [4.78, 5) is 0. The van der Waals surface area contributed by atoms with Gasteiger partial charge in [0.25, 0.3) is 0 Å². The van der Waals surface area contributed by atoms with Crippen molar-refractivity contribution in [3.8, 4) is 11.5 Å². The summed E-state index contributed by atoms with van der Waals surface area (Å²) in [5, 5.41) is 0. The Hall–Kier alpha value is -1.66. The van der Waals surface area contributed by atoms with Crippen LogP contribution in [-0.4, -0.2) is 14.2 Å². The van der Waals surface area contributed by atoms with Gasteiger partial charge < -0.3 is 9.47 Å². The standard InChI is InChI=1S/C13H16O2/c1-4-5-6-7-11-8-9-12(14-2)13(10-11)15-3/h5,8-10H,1,6-7H2,2-3H3. The molecule has 0 aromatic heterocycles. The first-order valence-corrected chi connectivity index (χ1v) is 4.87. The lowest BCUT2D eigenvalue weighted by Crippen LogP contribution is -1.92. The molecule has 0 amide bonds. The van der Waals surface area contributed by atoms with Crippen molar-refractivity contribution in [3.63, 3.8) is 0 Å². The van der Waals surface area contributed by atoms with E-state index in [0.29, 0.717) is 0 Å². The van der Waals surface area contributed by atoms with Crippen LogP contribution in [0.5, 0.6) is 11.5 Å². The molecule has 0 fully saturated rings. The van der Waals surface area contributed by atoms with Crippen LogP contribution in [0.4, 0.5) is 0 Å². The average Bonchev–Trinajstić information content (AvgIpc) is 2.29. The largest absolute Gasteiger partial charge is 0.493 e. The highest BCUT2D eigenvalue weighted by molar-refractivity contribution is 5.42. The number of allylic oxidation sites excluding steroid dienone is 1. The smallest absolute Gasteiger partial charge is 0.160 e. The van der Waals surface area contributed by atoms with E-state index in [9.17, 15) is 0 Å². The summed E-state index contributed by atoms with van der Waals surface area (Å²) in [6, 6.07) is 5.96. The lowest BCUT2D eigenvalue weighted by molar-refractivity contribution is 0.354. The van der Waals surface area contributed by atoms with Gasteiger partial charge in [0.05, 0.1) is 14.2 Å². The van der Waals surface area contributed by atoms with Gasteiger partial charge in [-0.1, -0.05) is 12.6 Å². The van der Waals surface area contributed by atoms with Gasteiger partial charge in [0, 0.05) is 0 Å². The summed E-state index contributed by atoms with van der Waals surface area (Å²) in [7, 11) is 3.28. The summed E-state index contributed by atoms with van der Waals surface area (Å²) < 4.78 is 10.4. The number of hydrogen-bond acceptors (Lipinski definition) is 2. The van der Waals surface area contributed by atoms with Gasteiger partial charge in [0.2, 0.25) is 0 Å². The zero-order chi connectivity index (χ0) is 11.1. The van der Waals surface area contributed by atoms with Crippen molar-refractivity contribution in [2.45, 2.75) is 12.8 Å². The fraction of sp³-hybridized carbons (Fsp3) is 0.308. The summed E-state index contributed by atoms with van der Waals surface area (Å²) in [5.41, 5.74) is 3.98. The van der Waals surface area contributed by atoms with Crippen LogP contribution in [0.25, 0.3) is 0 Å². The lowest BCUT2D eigenvalue weighted by atomic mass is 10.1. The molecule has 0 saturated heterocycles. The molecule has 2 nitrogen and oxygen atoms in total. The van der Waals surface area contributed by atoms with Gasteiger partial charge in [-0.05, 0) is 36.6 Å². The Labute approximate surface area is 90.8 Å².